The van der Waals surface area contributed by atoms with E-state index < -0.39 is 5.97 Å². The highest BCUT2D eigenvalue weighted by Crippen LogP contribution is 2.17. The topological polar surface area (TPSA) is 83.7 Å². The first-order valence-corrected chi connectivity index (χ1v) is 8.16. The van der Waals surface area contributed by atoms with Gasteiger partial charge in [0.1, 0.15) is 11.3 Å². The van der Waals surface area contributed by atoms with E-state index in [0.717, 1.165) is 24.2 Å². The molecule has 0 aliphatic carbocycles. The van der Waals surface area contributed by atoms with E-state index in [-0.39, 0.29) is 12.3 Å². The molecule has 0 unspecified atom stereocenters. The number of hydrogen-bond donors (Lipinski definition) is 2. The molecule has 2 N–H and O–H groups in total. The summed E-state index contributed by atoms with van der Waals surface area (Å²) in [6, 6.07) is 12.4. The lowest BCUT2D eigenvalue weighted by atomic mass is 10.1. The molecule has 0 aliphatic heterocycles. The number of carboxylic acid groups (broad SMARTS) is 1. The standard InChI is InChI=1S/C19H19N3O3/c1-2-5-15-18(22-11-4-3-6-16(22)21-15)19(25)20-14-9-7-13(8-10-14)12-17(23)24/h3-4,6-11H,2,5,12H2,1H3,(H,20,25)(H,23,24). The van der Waals surface area contributed by atoms with Crippen LogP contribution in [-0.4, -0.2) is 26.4 Å². The summed E-state index contributed by atoms with van der Waals surface area (Å²) in [7, 11) is 0. The van der Waals surface area contributed by atoms with Crippen LogP contribution in [0.25, 0.3) is 5.65 Å². The number of aromatic nitrogens is 2. The number of hydrogen-bond acceptors (Lipinski definition) is 3. The maximum atomic E-state index is 12.8. The molecule has 6 heteroatoms. The summed E-state index contributed by atoms with van der Waals surface area (Å²) in [6.07, 6.45) is 3.41. The van der Waals surface area contributed by atoms with Crippen molar-refractivity contribution in [2.75, 3.05) is 5.32 Å². The average Bonchev–Trinajstić information content (AvgIpc) is 2.94. The number of rotatable bonds is 6. The van der Waals surface area contributed by atoms with Crippen LogP contribution in [0.3, 0.4) is 0 Å². The van der Waals surface area contributed by atoms with Crippen LogP contribution in [0.5, 0.6) is 0 Å². The Morgan fingerprint density at radius 2 is 1.92 bits per heavy atom. The molecule has 1 aromatic carbocycles. The summed E-state index contributed by atoms with van der Waals surface area (Å²) in [5.74, 6) is -1.11. The van der Waals surface area contributed by atoms with Crippen LogP contribution in [0, 0.1) is 0 Å². The SMILES string of the molecule is CCCc1nc2ccccn2c1C(=O)Nc1ccc(CC(=O)O)cc1. The first-order chi connectivity index (χ1) is 12.1. The van der Waals surface area contributed by atoms with Crippen molar-refractivity contribution in [1.29, 1.82) is 0 Å². The van der Waals surface area contributed by atoms with E-state index in [1.54, 1.807) is 28.7 Å². The Balaban J connectivity index is 1.87. The number of carbonyl (C=O) groups is 2. The lowest BCUT2D eigenvalue weighted by molar-refractivity contribution is -0.136. The second-order valence-electron chi connectivity index (χ2n) is 5.81. The lowest BCUT2D eigenvalue weighted by Crippen LogP contribution is -2.16. The normalized spacial score (nSPS) is 10.8. The molecule has 3 rings (SSSR count). The number of fused-ring (bicyclic) bond motifs is 1. The molecule has 0 saturated heterocycles. The van der Waals surface area contributed by atoms with E-state index in [1.807, 2.05) is 31.3 Å². The number of anilines is 1. The summed E-state index contributed by atoms with van der Waals surface area (Å²) >= 11 is 0. The number of aliphatic carboxylic acids is 1. The monoisotopic (exact) mass is 337 g/mol. The highest BCUT2D eigenvalue weighted by Gasteiger charge is 2.18. The Hall–Kier alpha value is -3.15. The zero-order chi connectivity index (χ0) is 17.8. The highest BCUT2D eigenvalue weighted by atomic mass is 16.4. The van der Waals surface area contributed by atoms with Gasteiger partial charge in [0, 0.05) is 11.9 Å². The second kappa shape index (κ2) is 7.17. The third-order valence-electron chi connectivity index (χ3n) is 3.87. The van der Waals surface area contributed by atoms with E-state index in [0.29, 0.717) is 16.9 Å². The van der Waals surface area contributed by atoms with Crippen molar-refractivity contribution in [2.24, 2.45) is 0 Å². The number of aryl methyl sites for hydroxylation is 1. The van der Waals surface area contributed by atoms with Gasteiger partial charge < -0.3 is 10.4 Å². The molecule has 0 radical (unpaired) electrons. The molecule has 1 amide bonds. The van der Waals surface area contributed by atoms with Gasteiger partial charge in [0.25, 0.3) is 5.91 Å². The minimum atomic E-state index is -0.883. The highest BCUT2D eigenvalue weighted by molar-refractivity contribution is 6.04. The van der Waals surface area contributed by atoms with Gasteiger partial charge in [-0.25, -0.2) is 4.98 Å². The number of imidazole rings is 1. The number of carboxylic acids is 1. The minimum Gasteiger partial charge on any atom is -0.481 e. The Labute approximate surface area is 145 Å². The van der Waals surface area contributed by atoms with Crippen molar-refractivity contribution < 1.29 is 14.7 Å². The smallest absolute Gasteiger partial charge is 0.307 e. The van der Waals surface area contributed by atoms with Crippen LogP contribution >= 0.6 is 0 Å². The Kier molecular flexibility index (Phi) is 4.79. The molecule has 128 valence electrons. The van der Waals surface area contributed by atoms with Crippen molar-refractivity contribution in [3.8, 4) is 0 Å². The predicted octanol–water partition coefficient (Wildman–Crippen LogP) is 3.17. The van der Waals surface area contributed by atoms with E-state index in [1.165, 1.54) is 0 Å². The number of nitrogens with zero attached hydrogens (tertiary/aromatic N) is 2. The second-order valence-corrected chi connectivity index (χ2v) is 5.81. The van der Waals surface area contributed by atoms with Crippen LogP contribution in [0.1, 0.15) is 35.1 Å². The van der Waals surface area contributed by atoms with E-state index in [2.05, 4.69) is 10.3 Å². The van der Waals surface area contributed by atoms with Crippen LogP contribution < -0.4 is 5.32 Å². The average molecular weight is 337 g/mol. The molecule has 2 aromatic heterocycles. The van der Waals surface area contributed by atoms with Crippen LogP contribution in [0.15, 0.2) is 48.7 Å². The van der Waals surface area contributed by atoms with Gasteiger partial charge >= 0.3 is 5.97 Å². The molecule has 0 aliphatic rings. The summed E-state index contributed by atoms with van der Waals surface area (Å²) < 4.78 is 1.79. The van der Waals surface area contributed by atoms with Crippen molar-refractivity contribution >= 4 is 23.2 Å². The quantitative estimate of drug-likeness (QED) is 0.724. The van der Waals surface area contributed by atoms with Crippen molar-refractivity contribution in [2.45, 2.75) is 26.2 Å². The molecule has 0 spiro atoms. The molecule has 6 nitrogen and oxygen atoms in total. The first-order valence-electron chi connectivity index (χ1n) is 8.16. The fourth-order valence-corrected chi connectivity index (χ4v) is 2.77. The Morgan fingerprint density at radius 1 is 1.16 bits per heavy atom. The Bertz CT molecular complexity index is 913. The molecule has 0 bridgehead atoms. The van der Waals surface area contributed by atoms with Gasteiger partial charge in [0.15, 0.2) is 0 Å². The van der Waals surface area contributed by atoms with Crippen molar-refractivity contribution in [3.05, 3.63) is 65.6 Å². The summed E-state index contributed by atoms with van der Waals surface area (Å²) in [4.78, 5) is 28.1. The van der Waals surface area contributed by atoms with E-state index in [4.69, 9.17) is 5.11 Å². The zero-order valence-electron chi connectivity index (χ0n) is 13.9. The zero-order valence-corrected chi connectivity index (χ0v) is 13.9. The fourth-order valence-electron chi connectivity index (χ4n) is 2.77. The van der Waals surface area contributed by atoms with Crippen molar-refractivity contribution in [3.63, 3.8) is 0 Å². The van der Waals surface area contributed by atoms with Gasteiger partial charge in [-0.05, 0) is 36.2 Å². The third-order valence-corrected chi connectivity index (χ3v) is 3.87. The summed E-state index contributed by atoms with van der Waals surface area (Å²) in [5.41, 5.74) is 3.35. The van der Waals surface area contributed by atoms with Gasteiger partial charge in [-0.15, -0.1) is 0 Å². The van der Waals surface area contributed by atoms with Gasteiger partial charge in [0.2, 0.25) is 0 Å². The number of carbonyl (C=O) groups excluding carboxylic acids is 1. The largest absolute Gasteiger partial charge is 0.481 e. The molecular formula is C19H19N3O3. The molecular weight excluding hydrogens is 318 g/mol. The van der Waals surface area contributed by atoms with Gasteiger partial charge in [-0.3, -0.25) is 14.0 Å². The van der Waals surface area contributed by atoms with Gasteiger partial charge in [0.05, 0.1) is 12.1 Å². The van der Waals surface area contributed by atoms with Crippen LogP contribution in [0.2, 0.25) is 0 Å². The molecule has 0 fully saturated rings. The predicted molar refractivity (Wildman–Crippen MR) is 94.9 cm³/mol. The molecule has 2 heterocycles. The third kappa shape index (κ3) is 3.68. The van der Waals surface area contributed by atoms with Crippen molar-refractivity contribution in [1.82, 2.24) is 9.38 Å². The fraction of sp³-hybridized carbons (Fsp3) is 0.211. The van der Waals surface area contributed by atoms with E-state index in [9.17, 15) is 9.59 Å². The molecule has 25 heavy (non-hydrogen) atoms. The summed E-state index contributed by atoms with van der Waals surface area (Å²) in [5, 5.41) is 11.7. The molecule has 0 saturated carbocycles. The molecule has 3 aromatic rings. The van der Waals surface area contributed by atoms with Crippen LogP contribution in [0.4, 0.5) is 5.69 Å². The molecule has 0 atom stereocenters. The summed E-state index contributed by atoms with van der Waals surface area (Å²) in [6.45, 7) is 2.05. The number of nitrogens with one attached hydrogen (secondary N) is 1. The lowest BCUT2D eigenvalue weighted by Gasteiger charge is -2.07. The number of amides is 1. The Morgan fingerprint density at radius 3 is 2.60 bits per heavy atom. The van der Waals surface area contributed by atoms with Gasteiger partial charge in [-0.2, -0.15) is 0 Å². The van der Waals surface area contributed by atoms with E-state index >= 15 is 0 Å². The van der Waals surface area contributed by atoms with Gasteiger partial charge in [-0.1, -0.05) is 31.5 Å². The maximum Gasteiger partial charge on any atom is 0.307 e. The maximum absolute atomic E-state index is 12.8. The number of benzene rings is 1. The number of pyridine rings is 1. The van der Waals surface area contributed by atoms with Crippen LogP contribution in [-0.2, 0) is 17.6 Å². The minimum absolute atomic E-state index is 0.0395. The first kappa shape index (κ1) is 16.7.